The van der Waals surface area contributed by atoms with E-state index in [4.69, 9.17) is 4.74 Å². The van der Waals surface area contributed by atoms with Crippen LogP contribution in [0.2, 0.25) is 0 Å². The molecular formula is C24H19NO3. The van der Waals surface area contributed by atoms with E-state index in [1.54, 1.807) is 19.1 Å². The lowest BCUT2D eigenvalue weighted by Gasteiger charge is -2.15. The summed E-state index contributed by atoms with van der Waals surface area (Å²) in [6, 6.07) is 26.5. The Morgan fingerprint density at radius 3 is 2.07 bits per heavy atom. The number of rotatable bonds is 4. The van der Waals surface area contributed by atoms with Crippen LogP contribution in [0, 0.1) is 0 Å². The molecule has 0 saturated heterocycles. The molecule has 4 aromatic carbocycles. The van der Waals surface area contributed by atoms with Gasteiger partial charge in [0.2, 0.25) is 0 Å². The summed E-state index contributed by atoms with van der Waals surface area (Å²) in [5.41, 5.74) is 1.14. The first-order valence-electron chi connectivity index (χ1n) is 9.11. The second-order valence-corrected chi connectivity index (χ2v) is 6.59. The summed E-state index contributed by atoms with van der Waals surface area (Å²) >= 11 is 0. The maximum Gasteiger partial charge on any atom is 0.339 e. The number of anilines is 1. The molecule has 28 heavy (non-hydrogen) atoms. The third-order valence-electron chi connectivity index (χ3n) is 4.71. The Hall–Kier alpha value is -3.66. The highest BCUT2D eigenvalue weighted by Gasteiger charge is 2.20. The highest BCUT2D eigenvalue weighted by molar-refractivity contribution is 6.07. The van der Waals surface area contributed by atoms with Gasteiger partial charge in [-0.3, -0.25) is 4.79 Å². The third-order valence-corrected chi connectivity index (χ3v) is 4.71. The van der Waals surface area contributed by atoms with Crippen LogP contribution in [0.5, 0.6) is 0 Å². The van der Waals surface area contributed by atoms with Crippen molar-refractivity contribution in [2.24, 2.45) is 0 Å². The van der Waals surface area contributed by atoms with Crippen molar-refractivity contribution in [2.75, 3.05) is 5.32 Å². The van der Waals surface area contributed by atoms with Gasteiger partial charge in [-0.1, -0.05) is 72.8 Å². The zero-order chi connectivity index (χ0) is 19.5. The van der Waals surface area contributed by atoms with Crippen molar-refractivity contribution in [3.63, 3.8) is 0 Å². The number of hydrogen-bond acceptors (Lipinski definition) is 3. The Morgan fingerprint density at radius 2 is 1.32 bits per heavy atom. The molecule has 0 bridgehead atoms. The van der Waals surface area contributed by atoms with Gasteiger partial charge in [-0.2, -0.15) is 0 Å². The van der Waals surface area contributed by atoms with E-state index in [1.807, 2.05) is 72.8 Å². The maximum absolute atomic E-state index is 12.6. The van der Waals surface area contributed by atoms with Gasteiger partial charge >= 0.3 is 5.97 Å². The largest absolute Gasteiger partial charge is 0.449 e. The first-order valence-corrected chi connectivity index (χ1v) is 9.11. The van der Waals surface area contributed by atoms with Gasteiger partial charge in [0.05, 0.1) is 5.56 Å². The molecule has 4 heteroatoms. The minimum Gasteiger partial charge on any atom is -0.449 e. The fourth-order valence-corrected chi connectivity index (χ4v) is 3.25. The molecule has 1 atom stereocenters. The van der Waals surface area contributed by atoms with Gasteiger partial charge in [-0.05, 0) is 35.2 Å². The monoisotopic (exact) mass is 369 g/mol. The van der Waals surface area contributed by atoms with Crippen LogP contribution in [-0.4, -0.2) is 18.0 Å². The summed E-state index contributed by atoms with van der Waals surface area (Å²) in [6.07, 6.45) is -0.926. The number of benzene rings is 4. The Kier molecular flexibility index (Phi) is 4.77. The van der Waals surface area contributed by atoms with E-state index in [9.17, 15) is 9.59 Å². The van der Waals surface area contributed by atoms with Crippen molar-refractivity contribution in [3.8, 4) is 0 Å². The molecule has 0 radical (unpaired) electrons. The van der Waals surface area contributed by atoms with E-state index in [0.29, 0.717) is 11.3 Å². The lowest BCUT2D eigenvalue weighted by Crippen LogP contribution is -2.30. The topological polar surface area (TPSA) is 55.4 Å². The maximum atomic E-state index is 12.6. The van der Waals surface area contributed by atoms with Crippen molar-refractivity contribution in [2.45, 2.75) is 13.0 Å². The molecule has 0 aliphatic heterocycles. The second kappa shape index (κ2) is 7.53. The molecular weight excluding hydrogens is 350 g/mol. The van der Waals surface area contributed by atoms with Gasteiger partial charge in [0.25, 0.3) is 5.91 Å². The van der Waals surface area contributed by atoms with Crippen molar-refractivity contribution >= 4 is 39.1 Å². The summed E-state index contributed by atoms with van der Waals surface area (Å²) in [5.74, 6) is -0.887. The van der Waals surface area contributed by atoms with Crippen LogP contribution in [0.15, 0.2) is 84.9 Å². The van der Waals surface area contributed by atoms with Crippen LogP contribution in [-0.2, 0) is 9.53 Å². The van der Waals surface area contributed by atoms with Crippen molar-refractivity contribution in [3.05, 3.63) is 90.5 Å². The second-order valence-electron chi connectivity index (χ2n) is 6.59. The average Bonchev–Trinajstić information content (AvgIpc) is 2.73. The minimum atomic E-state index is -0.926. The van der Waals surface area contributed by atoms with E-state index < -0.39 is 12.1 Å². The fourth-order valence-electron chi connectivity index (χ4n) is 3.25. The zero-order valence-corrected chi connectivity index (χ0v) is 15.4. The number of esters is 1. The van der Waals surface area contributed by atoms with Crippen LogP contribution in [0.25, 0.3) is 21.5 Å². The molecule has 0 aromatic heterocycles. The van der Waals surface area contributed by atoms with E-state index in [0.717, 1.165) is 21.5 Å². The predicted molar refractivity (Wildman–Crippen MR) is 111 cm³/mol. The molecule has 0 saturated carbocycles. The SMILES string of the molecule is C[C@H](OC(=O)c1cccc2ccccc12)C(=O)Nc1cccc2ccccc12. The van der Waals surface area contributed by atoms with Gasteiger partial charge in [-0.25, -0.2) is 4.79 Å². The quantitative estimate of drug-likeness (QED) is 0.505. The summed E-state index contributed by atoms with van der Waals surface area (Å²) in [6.45, 7) is 1.57. The number of ether oxygens (including phenoxy) is 1. The zero-order valence-electron chi connectivity index (χ0n) is 15.4. The Labute approximate surface area is 162 Å². The van der Waals surface area contributed by atoms with E-state index >= 15 is 0 Å². The van der Waals surface area contributed by atoms with Crippen molar-refractivity contribution in [1.29, 1.82) is 0 Å². The third kappa shape index (κ3) is 3.45. The average molecular weight is 369 g/mol. The van der Waals surface area contributed by atoms with Crippen LogP contribution in [0.3, 0.4) is 0 Å². The molecule has 138 valence electrons. The first-order chi connectivity index (χ1) is 13.6. The van der Waals surface area contributed by atoms with Crippen LogP contribution >= 0.6 is 0 Å². The molecule has 0 aliphatic rings. The van der Waals surface area contributed by atoms with E-state index in [2.05, 4.69) is 5.32 Å². The van der Waals surface area contributed by atoms with Gasteiger partial charge in [0.1, 0.15) is 0 Å². The van der Waals surface area contributed by atoms with E-state index in [-0.39, 0.29) is 5.91 Å². The van der Waals surface area contributed by atoms with Gasteiger partial charge in [0.15, 0.2) is 6.10 Å². The molecule has 4 aromatic rings. The molecule has 1 N–H and O–H groups in total. The predicted octanol–water partition coefficient (Wildman–Crippen LogP) is 5.18. The molecule has 0 unspecified atom stereocenters. The first kappa shape index (κ1) is 17.7. The van der Waals surface area contributed by atoms with Crippen LogP contribution < -0.4 is 5.32 Å². The number of carbonyl (C=O) groups is 2. The minimum absolute atomic E-state index is 0.370. The van der Waals surface area contributed by atoms with Gasteiger partial charge in [0, 0.05) is 11.1 Å². The fraction of sp³-hybridized carbons (Fsp3) is 0.0833. The van der Waals surface area contributed by atoms with Crippen molar-refractivity contribution < 1.29 is 14.3 Å². The number of fused-ring (bicyclic) bond motifs is 2. The normalized spacial score (nSPS) is 11.9. The smallest absolute Gasteiger partial charge is 0.339 e. The standard InChI is InChI=1S/C24H19NO3/c1-16(23(26)25-22-15-7-11-18-9-3-5-13-20(18)22)28-24(27)21-14-6-10-17-8-2-4-12-19(17)21/h2-16H,1H3,(H,25,26)/t16-/m0/s1. The Bertz CT molecular complexity index is 1170. The summed E-state index contributed by atoms with van der Waals surface area (Å²) in [4.78, 5) is 25.2. The lowest BCUT2D eigenvalue weighted by atomic mass is 10.0. The molecule has 4 nitrogen and oxygen atoms in total. The Morgan fingerprint density at radius 1 is 0.750 bits per heavy atom. The molecule has 0 spiro atoms. The highest BCUT2D eigenvalue weighted by Crippen LogP contribution is 2.24. The molecule has 1 amide bonds. The number of hydrogen-bond donors (Lipinski definition) is 1. The van der Waals surface area contributed by atoms with Crippen molar-refractivity contribution in [1.82, 2.24) is 0 Å². The molecule has 0 heterocycles. The summed E-state index contributed by atoms with van der Waals surface area (Å²) in [5, 5.41) is 6.58. The lowest BCUT2D eigenvalue weighted by molar-refractivity contribution is -0.123. The van der Waals surface area contributed by atoms with Gasteiger partial charge < -0.3 is 10.1 Å². The molecule has 0 aliphatic carbocycles. The van der Waals surface area contributed by atoms with Gasteiger partial charge in [-0.15, -0.1) is 0 Å². The van der Waals surface area contributed by atoms with Crippen LogP contribution in [0.1, 0.15) is 17.3 Å². The number of carbonyl (C=O) groups excluding carboxylic acids is 2. The highest BCUT2D eigenvalue weighted by atomic mass is 16.5. The summed E-state index contributed by atoms with van der Waals surface area (Å²) in [7, 11) is 0. The molecule has 4 rings (SSSR count). The number of amides is 1. The Balaban J connectivity index is 1.52. The van der Waals surface area contributed by atoms with E-state index in [1.165, 1.54) is 0 Å². The molecule has 0 fully saturated rings. The summed E-state index contributed by atoms with van der Waals surface area (Å²) < 4.78 is 5.44. The number of nitrogens with one attached hydrogen (secondary N) is 1. The van der Waals surface area contributed by atoms with Crippen LogP contribution in [0.4, 0.5) is 5.69 Å².